The van der Waals surface area contributed by atoms with E-state index >= 15 is 0 Å². The SMILES string of the molecule is O=C1C[C@@H](Nc2ccccc2)C(=O)N1c1ccc(F)cc1. The fourth-order valence-corrected chi connectivity index (χ4v) is 2.34. The smallest absolute Gasteiger partial charge is 0.256 e. The highest BCUT2D eigenvalue weighted by atomic mass is 19.1. The number of imide groups is 1. The Labute approximate surface area is 121 Å². The van der Waals surface area contributed by atoms with Gasteiger partial charge in [-0.3, -0.25) is 9.59 Å². The van der Waals surface area contributed by atoms with Crippen molar-refractivity contribution in [2.24, 2.45) is 0 Å². The van der Waals surface area contributed by atoms with Crippen molar-refractivity contribution in [1.82, 2.24) is 0 Å². The standard InChI is InChI=1S/C16H13FN2O2/c17-11-6-8-13(9-7-11)19-15(20)10-14(16(19)21)18-12-4-2-1-3-5-12/h1-9,14,18H,10H2/t14-/m1/s1. The third-order valence-corrected chi connectivity index (χ3v) is 3.35. The monoisotopic (exact) mass is 284 g/mol. The van der Waals surface area contributed by atoms with Gasteiger partial charge in [0.1, 0.15) is 11.9 Å². The molecule has 1 atom stereocenters. The Morgan fingerprint density at radius 2 is 1.67 bits per heavy atom. The first kappa shape index (κ1) is 13.3. The highest BCUT2D eigenvalue weighted by molar-refractivity contribution is 6.23. The number of carbonyl (C=O) groups excluding carboxylic acids is 2. The minimum Gasteiger partial charge on any atom is -0.373 e. The molecule has 1 aliphatic heterocycles. The van der Waals surface area contributed by atoms with Gasteiger partial charge in [-0.25, -0.2) is 9.29 Å². The summed E-state index contributed by atoms with van der Waals surface area (Å²) in [5.41, 5.74) is 1.17. The molecule has 2 aromatic carbocycles. The molecule has 1 N–H and O–H groups in total. The zero-order valence-corrected chi connectivity index (χ0v) is 11.1. The molecule has 0 saturated carbocycles. The molecule has 3 rings (SSSR count). The van der Waals surface area contributed by atoms with Crippen molar-refractivity contribution in [2.75, 3.05) is 10.2 Å². The summed E-state index contributed by atoms with van der Waals surface area (Å²) in [6, 6.07) is 14.0. The molecule has 0 unspecified atom stereocenters. The van der Waals surface area contributed by atoms with E-state index in [0.717, 1.165) is 10.6 Å². The fraction of sp³-hybridized carbons (Fsp3) is 0.125. The molecule has 1 fully saturated rings. The first-order valence-corrected chi connectivity index (χ1v) is 6.59. The Hall–Kier alpha value is -2.69. The van der Waals surface area contributed by atoms with Crippen molar-refractivity contribution < 1.29 is 14.0 Å². The van der Waals surface area contributed by atoms with Crippen LogP contribution in [0.15, 0.2) is 54.6 Å². The van der Waals surface area contributed by atoms with Gasteiger partial charge in [0.05, 0.1) is 12.1 Å². The zero-order valence-electron chi connectivity index (χ0n) is 11.1. The first-order chi connectivity index (χ1) is 10.1. The predicted octanol–water partition coefficient (Wildman–Crippen LogP) is 2.57. The van der Waals surface area contributed by atoms with Crippen LogP contribution in [0, 0.1) is 5.82 Å². The third-order valence-electron chi connectivity index (χ3n) is 3.35. The minimum absolute atomic E-state index is 0.0884. The zero-order chi connectivity index (χ0) is 14.8. The maximum atomic E-state index is 12.9. The van der Waals surface area contributed by atoms with E-state index < -0.39 is 11.9 Å². The van der Waals surface area contributed by atoms with Crippen molar-refractivity contribution in [3.8, 4) is 0 Å². The van der Waals surface area contributed by atoms with Crippen LogP contribution in [0.1, 0.15) is 6.42 Å². The normalized spacial score (nSPS) is 18.1. The van der Waals surface area contributed by atoms with Crippen LogP contribution in [0.4, 0.5) is 15.8 Å². The third kappa shape index (κ3) is 2.63. The molecule has 0 spiro atoms. The number of halogens is 1. The summed E-state index contributed by atoms with van der Waals surface area (Å²) >= 11 is 0. The van der Waals surface area contributed by atoms with Crippen LogP contribution in [0.25, 0.3) is 0 Å². The van der Waals surface area contributed by atoms with Gasteiger partial charge in [-0.15, -0.1) is 0 Å². The number of benzene rings is 2. The van der Waals surface area contributed by atoms with E-state index in [1.807, 2.05) is 30.3 Å². The second kappa shape index (κ2) is 5.36. The van der Waals surface area contributed by atoms with Crippen molar-refractivity contribution in [3.63, 3.8) is 0 Å². The Bertz CT molecular complexity index is 670. The van der Waals surface area contributed by atoms with Crippen LogP contribution in [-0.2, 0) is 9.59 Å². The van der Waals surface area contributed by atoms with Crippen LogP contribution >= 0.6 is 0 Å². The number of amides is 2. The number of rotatable bonds is 3. The molecule has 2 aromatic rings. The maximum Gasteiger partial charge on any atom is 0.256 e. The van der Waals surface area contributed by atoms with Crippen LogP contribution in [0.2, 0.25) is 0 Å². The van der Waals surface area contributed by atoms with Gasteiger partial charge < -0.3 is 5.32 Å². The minimum atomic E-state index is -0.593. The summed E-state index contributed by atoms with van der Waals surface area (Å²) in [5.74, 6) is -1.02. The van der Waals surface area contributed by atoms with E-state index in [4.69, 9.17) is 0 Å². The van der Waals surface area contributed by atoms with Crippen molar-refractivity contribution in [3.05, 3.63) is 60.4 Å². The van der Waals surface area contributed by atoms with Crippen LogP contribution in [0.3, 0.4) is 0 Å². The van der Waals surface area contributed by atoms with E-state index in [-0.39, 0.29) is 18.2 Å². The highest BCUT2D eigenvalue weighted by Crippen LogP contribution is 2.25. The van der Waals surface area contributed by atoms with E-state index in [1.54, 1.807) is 0 Å². The van der Waals surface area contributed by atoms with Gasteiger partial charge >= 0.3 is 0 Å². The average molecular weight is 284 g/mol. The lowest BCUT2D eigenvalue weighted by molar-refractivity contribution is -0.121. The Kier molecular flexibility index (Phi) is 3.39. The number of anilines is 2. The van der Waals surface area contributed by atoms with E-state index in [9.17, 15) is 14.0 Å². The average Bonchev–Trinajstić information content (AvgIpc) is 2.76. The largest absolute Gasteiger partial charge is 0.373 e. The molecule has 1 heterocycles. The molecule has 5 heteroatoms. The lowest BCUT2D eigenvalue weighted by atomic mass is 10.2. The second-order valence-corrected chi connectivity index (χ2v) is 4.81. The van der Waals surface area contributed by atoms with Crippen LogP contribution < -0.4 is 10.2 Å². The molecular weight excluding hydrogens is 271 g/mol. The highest BCUT2D eigenvalue weighted by Gasteiger charge is 2.39. The number of hydrogen-bond acceptors (Lipinski definition) is 3. The number of para-hydroxylation sites is 1. The van der Waals surface area contributed by atoms with Gasteiger partial charge in [-0.1, -0.05) is 18.2 Å². The summed E-state index contributed by atoms with van der Waals surface area (Å²) < 4.78 is 12.9. The van der Waals surface area contributed by atoms with Gasteiger partial charge in [-0.05, 0) is 36.4 Å². The van der Waals surface area contributed by atoms with Gasteiger partial charge in [-0.2, -0.15) is 0 Å². The molecular formula is C16H13FN2O2. The molecule has 0 aromatic heterocycles. The van der Waals surface area contributed by atoms with E-state index in [1.165, 1.54) is 24.3 Å². The van der Waals surface area contributed by atoms with Crippen molar-refractivity contribution >= 4 is 23.2 Å². The second-order valence-electron chi connectivity index (χ2n) is 4.81. The molecule has 0 radical (unpaired) electrons. The van der Waals surface area contributed by atoms with Gasteiger partial charge in [0.25, 0.3) is 5.91 Å². The Morgan fingerprint density at radius 3 is 2.33 bits per heavy atom. The molecule has 4 nitrogen and oxygen atoms in total. The van der Waals surface area contributed by atoms with Crippen LogP contribution in [0.5, 0.6) is 0 Å². The van der Waals surface area contributed by atoms with Crippen LogP contribution in [-0.4, -0.2) is 17.9 Å². The van der Waals surface area contributed by atoms with Crippen molar-refractivity contribution in [1.29, 1.82) is 0 Å². The summed E-state index contributed by atoms with van der Waals surface area (Å²) in [6.45, 7) is 0. The number of carbonyl (C=O) groups is 2. The quantitative estimate of drug-likeness (QED) is 0.881. The van der Waals surface area contributed by atoms with Gasteiger partial charge in [0.15, 0.2) is 0 Å². The Morgan fingerprint density at radius 1 is 1.00 bits per heavy atom. The number of nitrogens with one attached hydrogen (secondary N) is 1. The van der Waals surface area contributed by atoms with E-state index in [2.05, 4.69) is 5.32 Å². The molecule has 106 valence electrons. The molecule has 1 saturated heterocycles. The Balaban J connectivity index is 1.80. The molecule has 1 aliphatic rings. The summed E-state index contributed by atoms with van der Waals surface area (Å²) in [4.78, 5) is 25.5. The fourth-order valence-electron chi connectivity index (χ4n) is 2.34. The van der Waals surface area contributed by atoms with Crippen molar-refractivity contribution in [2.45, 2.75) is 12.5 Å². The topological polar surface area (TPSA) is 49.4 Å². The predicted molar refractivity (Wildman–Crippen MR) is 77.4 cm³/mol. The molecule has 2 amide bonds. The van der Waals surface area contributed by atoms with Gasteiger partial charge in [0, 0.05) is 5.69 Å². The molecule has 0 aliphatic carbocycles. The first-order valence-electron chi connectivity index (χ1n) is 6.59. The molecule has 21 heavy (non-hydrogen) atoms. The van der Waals surface area contributed by atoms with E-state index in [0.29, 0.717) is 5.69 Å². The summed E-state index contributed by atoms with van der Waals surface area (Å²) in [5, 5.41) is 3.05. The van der Waals surface area contributed by atoms with Gasteiger partial charge in [0.2, 0.25) is 5.91 Å². The lowest BCUT2D eigenvalue weighted by Gasteiger charge is -2.16. The number of hydrogen-bond donors (Lipinski definition) is 1. The summed E-state index contributed by atoms with van der Waals surface area (Å²) in [7, 11) is 0. The summed E-state index contributed by atoms with van der Waals surface area (Å²) in [6.07, 6.45) is 0.0884. The number of nitrogens with zero attached hydrogens (tertiary/aromatic N) is 1. The molecule has 0 bridgehead atoms. The lowest BCUT2D eigenvalue weighted by Crippen LogP contribution is -2.34. The maximum absolute atomic E-state index is 12.9.